The van der Waals surface area contributed by atoms with Crippen molar-refractivity contribution in [1.82, 2.24) is 15.3 Å². The summed E-state index contributed by atoms with van der Waals surface area (Å²) in [6.07, 6.45) is 8.02. The summed E-state index contributed by atoms with van der Waals surface area (Å²) in [5.41, 5.74) is 4.11. The molecule has 2 aliphatic rings. The van der Waals surface area contributed by atoms with Crippen LogP contribution in [-0.4, -0.2) is 15.9 Å². The lowest BCUT2D eigenvalue weighted by molar-refractivity contribution is 0.0929. The molecule has 0 saturated heterocycles. The molecule has 0 aliphatic heterocycles. The number of nitrogens with zero attached hydrogens (tertiary/aromatic N) is 2. The SMILES string of the molecule is Cc1ccncc1O[C@@H]1CCCc2nc(C3(NC(=O)c4ccc(F)cc4)CC3)ccc21. The molecule has 0 spiro atoms. The Labute approximate surface area is 180 Å². The average Bonchev–Trinajstić information content (AvgIpc) is 3.56. The smallest absolute Gasteiger partial charge is 0.252 e. The van der Waals surface area contributed by atoms with Crippen LogP contribution in [-0.2, 0) is 12.0 Å². The predicted molar refractivity (Wildman–Crippen MR) is 114 cm³/mol. The molecule has 3 aromatic rings. The van der Waals surface area contributed by atoms with Gasteiger partial charge in [-0.15, -0.1) is 0 Å². The lowest BCUT2D eigenvalue weighted by atomic mass is 9.92. The molecule has 1 saturated carbocycles. The van der Waals surface area contributed by atoms with Gasteiger partial charge in [-0.2, -0.15) is 0 Å². The number of fused-ring (bicyclic) bond motifs is 1. The average molecular weight is 417 g/mol. The number of ether oxygens (including phenoxy) is 1. The molecule has 6 heteroatoms. The summed E-state index contributed by atoms with van der Waals surface area (Å²) in [6, 6.07) is 11.7. The van der Waals surface area contributed by atoms with Gasteiger partial charge in [-0.05, 0) is 81.0 Å². The van der Waals surface area contributed by atoms with E-state index in [1.807, 2.05) is 19.1 Å². The van der Waals surface area contributed by atoms with Crippen LogP contribution in [0.2, 0.25) is 0 Å². The van der Waals surface area contributed by atoms with Gasteiger partial charge in [0.05, 0.1) is 17.4 Å². The number of carbonyl (C=O) groups excluding carboxylic acids is 1. The van der Waals surface area contributed by atoms with Crippen LogP contribution in [0.15, 0.2) is 54.9 Å². The van der Waals surface area contributed by atoms with Gasteiger partial charge in [0.1, 0.15) is 17.7 Å². The second kappa shape index (κ2) is 7.76. The number of aromatic nitrogens is 2. The molecule has 1 fully saturated rings. The predicted octanol–water partition coefficient (Wildman–Crippen LogP) is 4.80. The van der Waals surface area contributed by atoms with E-state index in [0.717, 1.165) is 60.4 Å². The highest BCUT2D eigenvalue weighted by molar-refractivity contribution is 5.95. The van der Waals surface area contributed by atoms with E-state index >= 15 is 0 Å². The fourth-order valence-corrected chi connectivity index (χ4v) is 4.19. The third-order valence-corrected chi connectivity index (χ3v) is 6.20. The maximum atomic E-state index is 13.2. The van der Waals surface area contributed by atoms with Gasteiger partial charge in [0.2, 0.25) is 0 Å². The number of pyridine rings is 2. The number of nitrogens with one attached hydrogen (secondary N) is 1. The fraction of sp³-hybridized carbons (Fsp3) is 0.320. The van der Waals surface area contributed by atoms with Gasteiger partial charge in [-0.3, -0.25) is 14.8 Å². The largest absolute Gasteiger partial charge is 0.484 e. The van der Waals surface area contributed by atoms with Crippen molar-refractivity contribution in [2.24, 2.45) is 0 Å². The summed E-state index contributed by atoms with van der Waals surface area (Å²) in [4.78, 5) is 21.8. The third kappa shape index (κ3) is 3.90. The molecule has 1 N–H and O–H groups in total. The molecule has 2 heterocycles. The summed E-state index contributed by atoms with van der Waals surface area (Å²) in [6.45, 7) is 2.02. The second-order valence-corrected chi connectivity index (χ2v) is 8.42. The highest BCUT2D eigenvalue weighted by atomic mass is 19.1. The molecule has 1 atom stereocenters. The van der Waals surface area contributed by atoms with Gasteiger partial charge in [0.25, 0.3) is 5.91 Å². The molecule has 2 aromatic heterocycles. The van der Waals surface area contributed by atoms with E-state index in [4.69, 9.17) is 9.72 Å². The summed E-state index contributed by atoms with van der Waals surface area (Å²) < 4.78 is 19.4. The standard InChI is InChI=1S/C25H24FN3O2/c1-16-11-14-27-15-22(16)31-21-4-2-3-20-19(21)9-10-23(28-20)25(12-13-25)29-24(30)17-5-7-18(26)8-6-17/h5-11,14-15,21H,2-4,12-13H2,1H3,(H,29,30)/t21-/m1/s1. The monoisotopic (exact) mass is 417 g/mol. The topological polar surface area (TPSA) is 64.1 Å². The quantitative estimate of drug-likeness (QED) is 0.648. The first-order chi connectivity index (χ1) is 15.0. The van der Waals surface area contributed by atoms with Crippen molar-refractivity contribution < 1.29 is 13.9 Å². The first-order valence-corrected chi connectivity index (χ1v) is 10.7. The number of hydrogen-bond acceptors (Lipinski definition) is 4. The Bertz CT molecular complexity index is 1130. The van der Waals surface area contributed by atoms with Gasteiger partial charge in [-0.25, -0.2) is 4.39 Å². The van der Waals surface area contributed by atoms with E-state index in [9.17, 15) is 9.18 Å². The van der Waals surface area contributed by atoms with Crippen molar-refractivity contribution in [1.29, 1.82) is 0 Å². The lowest BCUT2D eigenvalue weighted by Crippen LogP contribution is -2.36. The second-order valence-electron chi connectivity index (χ2n) is 8.42. The third-order valence-electron chi connectivity index (χ3n) is 6.20. The summed E-state index contributed by atoms with van der Waals surface area (Å²) in [5.74, 6) is 0.243. The van der Waals surface area contributed by atoms with E-state index in [-0.39, 0.29) is 17.8 Å². The van der Waals surface area contributed by atoms with E-state index in [2.05, 4.69) is 16.4 Å². The Morgan fingerprint density at radius 2 is 1.97 bits per heavy atom. The molecular weight excluding hydrogens is 393 g/mol. The van der Waals surface area contributed by atoms with Crippen LogP contribution >= 0.6 is 0 Å². The van der Waals surface area contributed by atoms with Crippen LogP contribution in [0.3, 0.4) is 0 Å². The molecule has 1 amide bonds. The molecule has 2 aliphatic carbocycles. The Morgan fingerprint density at radius 1 is 1.16 bits per heavy atom. The number of carbonyl (C=O) groups is 1. The highest BCUT2D eigenvalue weighted by Crippen LogP contribution is 2.46. The summed E-state index contributed by atoms with van der Waals surface area (Å²) >= 11 is 0. The van der Waals surface area contributed by atoms with Gasteiger partial charge in [-0.1, -0.05) is 6.07 Å². The zero-order chi connectivity index (χ0) is 21.4. The van der Waals surface area contributed by atoms with Crippen LogP contribution in [0.25, 0.3) is 0 Å². The van der Waals surface area contributed by atoms with Crippen molar-refractivity contribution in [3.05, 3.63) is 88.8 Å². The number of rotatable bonds is 5. The van der Waals surface area contributed by atoms with Crippen molar-refractivity contribution in [3.8, 4) is 5.75 Å². The first-order valence-electron chi connectivity index (χ1n) is 10.7. The minimum atomic E-state index is -0.436. The number of aryl methyl sites for hydroxylation is 2. The van der Waals surface area contributed by atoms with Crippen LogP contribution in [0.4, 0.5) is 4.39 Å². The molecular formula is C25H24FN3O2. The van der Waals surface area contributed by atoms with E-state index < -0.39 is 5.54 Å². The van der Waals surface area contributed by atoms with Crippen molar-refractivity contribution in [2.75, 3.05) is 0 Å². The first kappa shape index (κ1) is 19.7. The van der Waals surface area contributed by atoms with Crippen LogP contribution in [0.1, 0.15) is 64.7 Å². The molecule has 0 bridgehead atoms. The fourth-order valence-electron chi connectivity index (χ4n) is 4.19. The number of halogens is 1. The normalized spacial score (nSPS) is 18.7. The zero-order valence-corrected chi connectivity index (χ0v) is 17.4. The Balaban J connectivity index is 1.36. The van der Waals surface area contributed by atoms with Gasteiger partial charge in [0, 0.05) is 23.0 Å². The van der Waals surface area contributed by atoms with Crippen LogP contribution in [0.5, 0.6) is 5.75 Å². The zero-order valence-electron chi connectivity index (χ0n) is 17.4. The minimum absolute atomic E-state index is 0.0443. The molecule has 5 rings (SSSR count). The van der Waals surface area contributed by atoms with E-state index in [1.165, 1.54) is 24.3 Å². The van der Waals surface area contributed by atoms with Gasteiger partial charge < -0.3 is 10.1 Å². The summed E-state index contributed by atoms with van der Waals surface area (Å²) in [7, 11) is 0. The molecule has 0 radical (unpaired) electrons. The summed E-state index contributed by atoms with van der Waals surface area (Å²) in [5, 5.41) is 3.12. The number of hydrogen-bond donors (Lipinski definition) is 1. The molecule has 0 unspecified atom stereocenters. The molecule has 5 nitrogen and oxygen atoms in total. The maximum absolute atomic E-state index is 13.2. The maximum Gasteiger partial charge on any atom is 0.252 e. The Hall–Kier alpha value is -3.28. The Kier molecular flexibility index (Phi) is 4.93. The van der Waals surface area contributed by atoms with Gasteiger partial charge in [0.15, 0.2) is 0 Å². The van der Waals surface area contributed by atoms with Crippen molar-refractivity contribution in [3.63, 3.8) is 0 Å². The number of amides is 1. The Morgan fingerprint density at radius 3 is 2.71 bits per heavy atom. The van der Waals surface area contributed by atoms with Crippen molar-refractivity contribution >= 4 is 5.91 Å². The minimum Gasteiger partial charge on any atom is -0.484 e. The highest BCUT2D eigenvalue weighted by Gasteiger charge is 2.47. The molecule has 158 valence electrons. The van der Waals surface area contributed by atoms with E-state index in [1.54, 1.807) is 12.4 Å². The van der Waals surface area contributed by atoms with Crippen LogP contribution in [0, 0.1) is 12.7 Å². The molecule has 1 aromatic carbocycles. The van der Waals surface area contributed by atoms with Crippen molar-refractivity contribution in [2.45, 2.75) is 50.7 Å². The lowest BCUT2D eigenvalue weighted by Gasteiger charge is -2.27. The van der Waals surface area contributed by atoms with Gasteiger partial charge >= 0.3 is 0 Å². The number of benzene rings is 1. The van der Waals surface area contributed by atoms with E-state index in [0.29, 0.717) is 5.56 Å². The molecule has 31 heavy (non-hydrogen) atoms. The van der Waals surface area contributed by atoms with Crippen LogP contribution < -0.4 is 10.1 Å².